The Balaban J connectivity index is 1.52. The van der Waals surface area contributed by atoms with E-state index >= 15 is 0 Å². The molecule has 0 atom stereocenters. The summed E-state index contributed by atoms with van der Waals surface area (Å²) in [6, 6.07) is 2.13. The molecule has 0 aliphatic carbocycles. The number of nitrogens with zero attached hydrogens (tertiary/aromatic N) is 8. The molecular weight excluding hydrogens is 441 g/mol. The summed E-state index contributed by atoms with van der Waals surface area (Å²) in [5.41, 5.74) is 0. The van der Waals surface area contributed by atoms with Gasteiger partial charge in [0.15, 0.2) is 5.82 Å². The summed E-state index contributed by atoms with van der Waals surface area (Å²) in [6.07, 6.45) is -2.51. The van der Waals surface area contributed by atoms with Crippen molar-refractivity contribution in [3.05, 3.63) is 22.6 Å². The molecule has 0 spiro atoms. The van der Waals surface area contributed by atoms with E-state index in [9.17, 15) is 13.2 Å². The Morgan fingerprint density at radius 2 is 1.75 bits per heavy atom. The highest BCUT2D eigenvalue weighted by molar-refractivity contribution is 7.18. The Bertz CT molecular complexity index is 1120. The maximum absolute atomic E-state index is 13.2. The predicted molar refractivity (Wildman–Crippen MR) is 117 cm³/mol. The largest absolute Gasteiger partial charge is 0.451 e. The number of hydrogen-bond donors (Lipinski definition) is 0. The van der Waals surface area contributed by atoms with Crippen molar-refractivity contribution in [2.45, 2.75) is 39.0 Å². The molecule has 1 saturated heterocycles. The third-order valence-corrected chi connectivity index (χ3v) is 7.09. The summed E-state index contributed by atoms with van der Waals surface area (Å²) in [6.45, 7) is 6.51. The molecule has 0 bridgehead atoms. The summed E-state index contributed by atoms with van der Waals surface area (Å²) in [7, 11) is 2.10. The lowest BCUT2D eigenvalue weighted by Gasteiger charge is -2.34. The van der Waals surface area contributed by atoms with Crippen LogP contribution in [0.25, 0.3) is 10.2 Å². The molecule has 3 aromatic heterocycles. The van der Waals surface area contributed by atoms with Crippen LogP contribution in [0.15, 0.2) is 6.07 Å². The molecule has 32 heavy (non-hydrogen) atoms. The summed E-state index contributed by atoms with van der Waals surface area (Å²) in [4.78, 5) is 18.4. The number of anilines is 2. The van der Waals surface area contributed by atoms with Crippen LogP contribution in [-0.2, 0) is 25.7 Å². The summed E-state index contributed by atoms with van der Waals surface area (Å²) in [5.74, 6) is 0.832. The van der Waals surface area contributed by atoms with E-state index in [1.807, 2.05) is 4.90 Å². The topological polar surface area (TPSA) is 66.2 Å². The van der Waals surface area contributed by atoms with Crippen molar-refractivity contribution < 1.29 is 13.2 Å². The van der Waals surface area contributed by atoms with Crippen molar-refractivity contribution in [3.8, 4) is 0 Å². The number of fused-ring (bicyclic) bond motifs is 2. The maximum atomic E-state index is 13.2. The van der Waals surface area contributed by atoms with Gasteiger partial charge in [0.25, 0.3) is 0 Å². The van der Waals surface area contributed by atoms with Crippen LogP contribution in [0, 0.1) is 0 Å². The first-order valence-corrected chi connectivity index (χ1v) is 11.6. The van der Waals surface area contributed by atoms with Gasteiger partial charge >= 0.3 is 6.18 Å². The van der Waals surface area contributed by atoms with E-state index in [2.05, 4.69) is 40.0 Å². The standard InChI is InChI=1S/C20H25F3N8S/c1-3-4-13-11-14-16(24-19(25-17(14)32-13)29-7-5-28(2)6-8-29)30-9-10-31-15(12-30)26-27-18(31)20(21,22)23/h11H,3-10,12H2,1-2H3. The summed E-state index contributed by atoms with van der Waals surface area (Å²) < 4.78 is 40.9. The van der Waals surface area contributed by atoms with Crippen LogP contribution in [0.1, 0.15) is 29.9 Å². The monoisotopic (exact) mass is 466 g/mol. The molecule has 0 amide bonds. The molecular formula is C20H25F3N8S. The second kappa shape index (κ2) is 8.14. The average molecular weight is 467 g/mol. The highest BCUT2D eigenvalue weighted by Crippen LogP contribution is 2.36. The van der Waals surface area contributed by atoms with Gasteiger partial charge in [-0.15, -0.1) is 21.5 Å². The number of aromatic nitrogens is 5. The predicted octanol–water partition coefficient (Wildman–Crippen LogP) is 3.03. The minimum Gasteiger partial charge on any atom is -0.347 e. The zero-order valence-electron chi connectivity index (χ0n) is 18.1. The Kier molecular flexibility index (Phi) is 5.44. The van der Waals surface area contributed by atoms with Gasteiger partial charge in [-0.1, -0.05) is 13.3 Å². The Hall–Kier alpha value is -2.47. The smallest absolute Gasteiger partial charge is 0.347 e. The first-order chi connectivity index (χ1) is 15.3. The van der Waals surface area contributed by atoms with Crippen molar-refractivity contribution in [2.75, 3.05) is 49.6 Å². The number of likely N-dealkylation sites (N-methyl/N-ethyl adjacent to an activating group) is 1. The van der Waals surface area contributed by atoms with E-state index in [0.29, 0.717) is 18.3 Å². The molecule has 2 aliphatic rings. The molecule has 0 N–H and O–H groups in total. The van der Waals surface area contributed by atoms with Crippen molar-refractivity contribution in [1.29, 1.82) is 0 Å². The molecule has 5 heterocycles. The van der Waals surface area contributed by atoms with Gasteiger partial charge in [0, 0.05) is 44.1 Å². The SMILES string of the molecule is CCCc1cc2c(N3CCn4c(nnc4C(F)(F)F)C3)nc(N3CCN(C)CC3)nc2s1. The van der Waals surface area contributed by atoms with Crippen LogP contribution in [0.3, 0.4) is 0 Å². The molecule has 2 aliphatic heterocycles. The van der Waals surface area contributed by atoms with E-state index in [1.165, 1.54) is 9.44 Å². The lowest BCUT2D eigenvalue weighted by Crippen LogP contribution is -2.45. The molecule has 0 unspecified atom stereocenters. The fourth-order valence-corrected chi connectivity index (χ4v) is 5.37. The Morgan fingerprint density at radius 1 is 1.00 bits per heavy atom. The number of alkyl halides is 3. The van der Waals surface area contributed by atoms with Crippen LogP contribution in [0.5, 0.6) is 0 Å². The summed E-state index contributed by atoms with van der Waals surface area (Å²) >= 11 is 1.68. The van der Waals surface area contributed by atoms with Crippen LogP contribution in [0.4, 0.5) is 24.9 Å². The van der Waals surface area contributed by atoms with Crippen LogP contribution >= 0.6 is 11.3 Å². The molecule has 0 aromatic carbocycles. The van der Waals surface area contributed by atoms with Crippen molar-refractivity contribution in [1.82, 2.24) is 29.6 Å². The number of halogens is 3. The third-order valence-electron chi connectivity index (χ3n) is 6.00. The van der Waals surface area contributed by atoms with Gasteiger partial charge < -0.3 is 19.3 Å². The lowest BCUT2D eigenvalue weighted by molar-refractivity contribution is -0.147. The minimum absolute atomic E-state index is 0.165. The molecule has 5 rings (SSSR count). The number of hydrogen-bond acceptors (Lipinski definition) is 8. The average Bonchev–Trinajstić information content (AvgIpc) is 3.36. The van der Waals surface area contributed by atoms with Gasteiger partial charge in [0.2, 0.25) is 11.8 Å². The van der Waals surface area contributed by atoms with Crippen molar-refractivity contribution >= 4 is 33.3 Å². The minimum atomic E-state index is -4.51. The number of aryl methyl sites for hydroxylation is 1. The molecule has 8 nitrogen and oxygen atoms in total. The highest BCUT2D eigenvalue weighted by atomic mass is 32.1. The summed E-state index contributed by atoms with van der Waals surface area (Å²) in [5, 5.41) is 8.19. The fraction of sp³-hybridized carbons (Fsp3) is 0.600. The second-order valence-electron chi connectivity index (χ2n) is 8.33. The third kappa shape index (κ3) is 3.90. The van der Waals surface area contributed by atoms with E-state index in [4.69, 9.17) is 9.97 Å². The zero-order chi connectivity index (χ0) is 22.5. The molecule has 172 valence electrons. The van der Waals surface area contributed by atoms with Gasteiger partial charge in [0.05, 0.1) is 11.9 Å². The van der Waals surface area contributed by atoms with Gasteiger partial charge in [-0.05, 0) is 19.5 Å². The van der Waals surface area contributed by atoms with Gasteiger partial charge in [-0.25, -0.2) is 4.98 Å². The van der Waals surface area contributed by atoms with E-state index in [1.54, 1.807) is 11.3 Å². The first-order valence-electron chi connectivity index (χ1n) is 10.8. The van der Waals surface area contributed by atoms with Gasteiger partial charge in [-0.2, -0.15) is 18.2 Å². The number of thiophene rings is 1. The quantitative estimate of drug-likeness (QED) is 0.586. The van der Waals surface area contributed by atoms with Crippen LogP contribution < -0.4 is 9.80 Å². The van der Waals surface area contributed by atoms with Gasteiger partial charge in [-0.3, -0.25) is 0 Å². The lowest BCUT2D eigenvalue weighted by atomic mass is 10.2. The van der Waals surface area contributed by atoms with Crippen molar-refractivity contribution in [2.24, 2.45) is 0 Å². The first kappa shape index (κ1) is 21.4. The van der Waals surface area contributed by atoms with Crippen LogP contribution in [0.2, 0.25) is 0 Å². The maximum Gasteiger partial charge on any atom is 0.451 e. The fourth-order valence-electron chi connectivity index (χ4n) is 4.25. The molecule has 0 saturated carbocycles. The Labute approximate surface area is 187 Å². The van der Waals surface area contributed by atoms with E-state index in [-0.39, 0.29) is 13.1 Å². The van der Waals surface area contributed by atoms with Crippen molar-refractivity contribution in [3.63, 3.8) is 0 Å². The highest BCUT2D eigenvalue weighted by Gasteiger charge is 2.39. The van der Waals surface area contributed by atoms with E-state index < -0.39 is 12.0 Å². The number of piperazine rings is 1. The normalized spacial score (nSPS) is 17.9. The Morgan fingerprint density at radius 3 is 2.47 bits per heavy atom. The molecule has 1 fully saturated rings. The van der Waals surface area contributed by atoms with Crippen LogP contribution in [-0.4, -0.2) is 69.4 Å². The molecule has 3 aromatic rings. The molecule has 0 radical (unpaired) electrons. The zero-order valence-corrected chi connectivity index (χ0v) is 18.9. The van der Waals surface area contributed by atoms with E-state index in [0.717, 1.165) is 55.1 Å². The second-order valence-corrected chi connectivity index (χ2v) is 9.45. The molecule has 12 heteroatoms. The van der Waals surface area contributed by atoms with Gasteiger partial charge in [0.1, 0.15) is 10.6 Å². The number of rotatable bonds is 4.